The zero-order chi connectivity index (χ0) is 23.0. The molecule has 1 N–H and O–H groups in total. The maximum absolute atomic E-state index is 13.3. The van der Waals surface area contributed by atoms with Gasteiger partial charge in [0.1, 0.15) is 0 Å². The van der Waals surface area contributed by atoms with Crippen molar-refractivity contribution in [1.82, 2.24) is 4.98 Å². The summed E-state index contributed by atoms with van der Waals surface area (Å²) in [4.78, 5) is 18.9. The number of ether oxygens (including phenoxy) is 2. The molecule has 5 rings (SSSR count). The van der Waals surface area contributed by atoms with Gasteiger partial charge in [-0.3, -0.25) is 4.79 Å². The molecule has 0 radical (unpaired) electrons. The zero-order valence-electron chi connectivity index (χ0n) is 18.3. The Morgan fingerprint density at radius 1 is 1.27 bits per heavy atom. The number of allylic oxidation sites excluding steroid dienone is 1. The van der Waals surface area contributed by atoms with Gasteiger partial charge in [0.15, 0.2) is 16.6 Å². The van der Waals surface area contributed by atoms with Gasteiger partial charge >= 0.3 is 0 Å². The van der Waals surface area contributed by atoms with Gasteiger partial charge in [-0.05, 0) is 54.5 Å². The Kier molecular flexibility index (Phi) is 5.89. The summed E-state index contributed by atoms with van der Waals surface area (Å²) in [5.41, 5.74) is 1.48. The van der Waals surface area contributed by atoms with Crippen LogP contribution in [0.3, 0.4) is 0 Å². The molecule has 170 valence electrons. The van der Waals surface area contributed by atoms with E-state index in [9.17, 15) is 4.79 Å². The summed E-state index contributed by atoms with van der Waals surface area (Å²) in [5.74, 6) is 1.75. The van der Waals surface area contributed by atoms with Crippen molar-refractivity contribution in [3.05, 3.63) is 82.3 Å². The number of anilines is 1. The summed E-state index contributed by atoms with van der Waals surface area (Å²) < 4.78 is 10.9. The Hall–Kier alpha value is -2.83. The third kappa shape index (κ3) is 4.13. The third-order valence-electron chi connectivity index (χ3n) is 6.51. The second kappa shape index (κ2) is 8.84. The molecule has 0 saturated heterocycles. The van der Waals surface area contributed by atoms with E-state index in [1.54, 1.807) is 0 Å². The Balaban J connectivity index is 1.38. The topological polar surface area (TPSA) is 60.5 Å². The number of aromatic nitrogens is 1. The van der Waals surface area contributed by atoms with Gasteiger partial charge in [0.05, 0.1) is 5.41 Å². The largest absolute Gasteiger partial charge is 0.454 e. The summed E-state index contributed by atoms with van der Waals surface area (Å²) in [6.45, 7) is 6.31. The van der Waals surface area contributed by atoms with E-state index < -0.39 is 5.41 Å². The van der Waals surface area contributed by atoms with E-state index in [1.807, 2.05) is 48.7 Å². The fraction of sp³-hybridized carbons (Fsp3) is 0.308. The van der Waals surface area contributed by atoms with Crippen LogP contribution in [-0.4, -0.2) is 17.7 Å². The number of nitrogens with one attached hydrogen (secondary N) is 1. The molecule has 0 spiro atoms. The molecule has 2 aromatic carbocycles. The maximum Gasteiger partial charge on any atom is 0.236 e. The van der Waals surface area contributed by atoms with E-state index in [0.29, 0.717) is 10.9 Å². The number of amides is 1. The highest BCUT2D eigenvalue weighted by molar-refractivity contribution is 7.15. The van der Waals surface area contributed by atoms with Gasteiger partial charge in [0.2, 0.25) is 12.7 Å². The first-order chi connectivity index (χ1) is 16.0. The summed E-state index contributed by atoms with van der Waals surface area (Å²) in [6.07, 6.45) is 6.24. The van der Waals surface area contributed by atoms with Crippen molar-refractivity contribution in [2.45, 2.75) is 37.5 Å². The SMILES string of the molecule is C=CCC(C)C(c1cnc(NC(=O)C2(c3ccc4c(c3)OCO4)CC2)s1)c1ccccc1Cl. The summed E-state index contributed by atoms with van der Waals surface area (Å²) in [7, 11) is 0. The first-order valence-corrected chi connectivity index (χ1v) is 12.2. The van der Waals surface area contributed by atoms with Gasteiger partial charge in [-0.15, -0.1) is 17.9 Å². The van der Waals surface area contributed by atoms with Crippen LogP contribution < -0.4 is 14.8 Å². The summed E-state index contributed by atoms with van der Waals surface area (Å²) in [5, 5.41) is 4.40. The van der Waals surface area contributed by atoms with Crippen molar-refractivity contribution in [2.24, 2.45) is 5.92 Å². The second-order valence-corrected chi connectivity index (χ2v) is 10.1. The van der Waals surface area contributed by atoms with Crippen LogP contribution in [-0.2, 0) is 10.2 Å². The minimum absolute atomic E-state index is 0.0318. The molecule has 5 nitrogen and oxygen atoms in total. The number of benzene rings is 2. The molecule has 33 heavy (non-hydrogen) atoms. The monoisotopic (exact) mass is 480 g/mol. The van der Waals surface area contributed by atoms with Crippen molar-refractivity contribution < 1.29 is 14.3 Å². The second-order valence-electron chi connectivity index (χ2n) is 8.67. The van der Waals surface area contributed by atoms with Crippen LogP contribution in [0, 0.1) is 5.92 Å². The van der Waals surface area contributed by atoms with Gasteiger partial charge in [-0.2, -0.15) is 0 Å². The van der Waals surface area contributed by atoms with Crippen LogP contribution in [0.1, 0.15) is 48.1 Å². The molecule has 7 heteroatoms. The first-order valence-electron chi connectivity index (χ1n) is 11.0. The molecule has 1 amide bonds. The van der Waals surface area contributed by atoms with Gasteiger partial charge in [-0.1, -0.05) is 48.9 Å². The minimum atomic E-state index is -0.537. The minimum Gasteiger partial charge on any atom is -0.454 e. The fourth-order valence-electron chi connectivity index (χ4n) is 4.54. The number of rotatable bonds is 8. The van der Waals surface area contributed by atoms with Gasteiger partial charge in [-0.25, -0.2) is 4.98 Å². The molecule has 3 aromatic rings. The molecular weight excluding hydrogens is 456 g/mol. The van der Waals surface area contributed by atoms with Crippen molar-refractivity contribution in [3.63, 3.8) is 0 Å². The number of hydrogen-bond donors (Lipinski definition) is 1. The average molecular weight is 481 g/mol. The number of thiazole rings is 1. The maximum atomic E-state index is 13.3. The van der Waals surface area contributed by atoms with E-state index >= 15 is 0 Å². The molecule has 2 atom stereocenters. The van der Waals surface area contributed by atoms with Crippen molar-refractivity contribution in [3.8, 4) is 11.5 Å². The lowest BCUT2D eigenvalue weighted by molar-refractivity contribution is -0.118. The van der Waals surface area contributed by atoms with E-state index in [2.05, 4.69) is 29.9 Å². The number of fused-ring (bicyclic) bond motifs is 1. The predicted molar refractivity (Wildman–Crippen MR) is 131 cm³/mol. The van der Waals surface area contributed by atoms with Gasteiger partial charge in [0.25, 0.3) is 0 Å². The number of nitrogens with zero attached hydrogens (tertiary/aromatic N) is 1. The standard InChI is InChI=1S/C26H25ClN2O3S/c1-3-6-16(2)23(18-7-4-5-8-19(18)27)22-14-28-25(33-22)29-24(30)26(11-12-26)17-9-10-20-21(13-17)32-15-31-20/h3-5,7-10,13-14,16,23H,1,6,11-12,15H2,2H3,(H,28,29,30). The molecule has 1 aliphatic carbocycles. The number of carbonyl (C=O) groups is 1. The average Bonchev–Trinajstić information content (AvgIpc) is 3.27. The lowest BCUT2D eigenvalue weighted by Crippen LogP contribution is -2.27. The highest BCUT2D eigenvalue weighted by atomic mass is 35.5. The van der Waals surface area contributed by atoms with E-state index in [0.717, 1.165) is 46.0 Å². The van der Waals surface area contributed by atoms with E-state index in [1.165, 1.54) is 11.3 Å². The number of carbonyl (C=O) groups excluding carboxylic acids is 1. The van der Waals surface area contributed by atoms with Crippen LogP contribution >= 0.6 is 22.9 Å². The predicted octanol–water partition coefficient (Wildman–Crippen LogP) is 6.54. The molecule has 0 bridgehead atoms. The molecule has 2 aliphatic rings. The lowest BCUT2D eigenvalue weighted by atomic mass is 9.84. The number of hydrogen-bond acceptors (Lipinski definition) is 5. The van der Waals surface area contributed by atoms with Crippen LogP contribution in [0.25, 0.3) is 0 Å². The fourth-order valence-corrected chi connectivity index (χ4v) is 5.85. The normalized spacial score (nSPS) is 17.3. The summed E-state index contributed by atoms with van der Waals surface area (Å²) in [6, 6.07) is 13.7. The molecule has 1 fully saturated rings. The molecule has 1 saturated carbocycles. The number of halogens is 1. The molecule has 2 heterocycles. The lowest BCUT2D eigenvalue weighted by Gasteiger charge is -2.23. The van der Waals surface area contributed by atoms with Gasteiger partial charge in [0, 0.05) is 22.0 Å². The summed E-state index contributed by atoms with van der Waals surface area (Å²) >= 11 is 8.06. The van der Waals surface area contributed by atoms with Crippen molar-refractivity contribution in [2.75, 3.05) is 12.1 Å². The smallest absolute Gasteiger partial charge is 0.236 e. The molecule has 2 unspecified atom stereocenters. The van der Waals surface area contributed by atoms with Gasteiger partial charge < -0.3 is 14.8 Å². The highest BCUT2D eigenvalue weighted by Gasteiger charge is 2.52. The van der Waals surface area contributed by atoms with Crippen LogP contribution in [0.4, 0.5) is 5.13 Å². The Labute approximate surface area is 202 Å². The Morgan fingerprint density at radius 3 is 2.82 bits per heavy atom. The van der Waals surface area contributed by atoms with E-state index in [4.69, 9.17) is 21.1 Å². The zero-order valence-corrected chi connectivity index (χ0v) is 19.9. The van der Waals surface area contributed by atoms with Crippen LogP contribution in [0.2, 0.25) is 5.02 Å². The van der Waals surface area contributed by atoms with E-state index in [-0.39, 0.29) is 24.5 Å². The quantitative estimate of drug-likeness (QED) is 0.372. The van der Waals surface area contributed by atoms with Crippen LogP contribution in [0.5, 0.6) is 11.5 Å². The molecule has 1 aliphatic heterocycles. The molecular formula is C26H25ClN2O3S. The van der Waals surface area contributed by atoms with Crippen molar-refractivity contribution in [1.29, 1.82) is 0 Å². The molecule has 1 aromatic heterocycles. The van der Waals surface area contributed by atoms with Crippen molar-refractivity contribution >= 4 is 34.0 Å². The highest BCUT2D eigenvalue weighted by Crippen LogP contribution is 2.51. The Morgan fingerprint density at radius 2 is 2.06 bits per heavy atom. The van der Waals surface area contributed by atoms with Crippen LogP contribution in [0.15, 0.2) is 61.3 Å². The Bertz CT molecular complexity index is 1200. The third-order valence-corrected chi connectivity index (χ3v) is 7.85. The first kappa shape index (κ1) is 22.0.